The van der Waals surface area contributed by atoms with Gasteiger partial charge >= 0.3 is 12.1 Å². The van der Waals surface area contributed by atoms with Gasteiger partial charge in [0, 0.05) is 36.9 Å². The van der Waals surface area contributed by atoms with Gasteiger partial charge in [-0.2, -0.15) is 10.1 Å². The molecule has 21 nitrogen and oxygen atoms in total. The summed E-state index contributed by atoms with van der Waals surface area (Å²) in [5.74, 6) is -0.332. The summed E-state index contributed by atoms with van der Waals surface area (Å²) in [6, 6.07) is 10.0. The van der Waals surface area contributed by atoms with Gasteiger partial charge in [-0.25, -0.2) is 14.6 Å². The maximum Gasteiger partial charge on any atom is 0.410 e. The van der Waals surface area contributed by atoms with Crippen molar-refractivity contribution in [1.82, 2.24) is 40.6 Å². The first-order valence-corrected chi connectivity index (χ1v) is 24.9. The summed E-state index contributed by atoms with van der Waals surface area (Å²) in [5.41, 5.74) is 19.7. The summed E-state index contributed by atoms with van der Waals surface area (Å²) in [6.45, 7) is 15.1. The Morgan fingerprint density at radius 1 is 0.944 bits per heavy atom. The number of nitrogens with two attached hydrogens (primary N) is 3. The molecule has 4 aromatic rings. The molecule has 0 bridgehead atoms. The number of carbonyl (C=O) groups is 5. The number of anilines is 3. The number of fused-ring (bicyclic) bond motifs is 1. The van der Waals surface area contributed by atoms with E-state index in [2.05, 4.69) is 48.6 Å². The van der Waals surface area contributed by atoms with Crippen molar-refractivity contribution in [3.8, 4) is 5.75 Å². The quantitative estimate of drug-likeness (QED) is 0.0324. The topological polar surface area (TPSA) is 298 Å². The second kappa shape index (κ2) is 26.1. The number of nitrogens with zero attached hydrogens (tertiary/aromatic N) is 5. The monoisotopic (exact) mass is 1000 g/mol. The standard InChI is InChI=1S/C51H77N13O8/c1-9-10-24-55-43-42-39(60-47(53)62-43)27-57-64(42)29-35-19-16-34(26-40(35)70-8)28-63(37-13-11-14-37)49(69)71-30-33-17-20-36(21-18-33)58-44(65)38(15-12-25-56-48(54)68)59-45(66)41(32(2)3)61-46(67)50(4,5)31-72-51(6,7)22-23-52/h16-21,26-27,32,37-38,41H,9-15,22-25,28-31,52H2,1-8H3,(H,58,65)(H,59,66)(H,61,67)(H3,54,56,68)(H3,53,55,60,62)/t38-,41?/m0/s1. The van der Waals surface area contributed by atoms with Crippen LogP contribution in [0.2, 0.25) is 0 Å². The van der Waals surface area contributed by atoms with Crippen molar-refractivity contribution in [3.63, 3.8) is 0 Å². The summed E-state index contributed by atoms with van der Waals surface area (Å²) in [6.07, 6.45) is 7.04. The molecular weight excluding hydrogens is 923 g/mol. The summed E-state index contributed by atoms with van der Waals surface area (Å²) in [7, 11) is 1.61. The number of amides is 6. The van der Waals surface area contributed by atoms with E-state index in [0.29, 0.717) is 60.8 Å². The molecule has 5 rings (SSSR count). The molecule has 1 unspecified atom stereocenters. The Morgan fingerprint density at radius 3 is 2.31 bits per heavy atom. The number of carbonyl (C=O) groups excluding carboxylic acids is 5. The molecule has 0 aliphatic heterocycles. The van der Waals surface area contributed by atoms with E-state index in [1.807, 2.05) is 36.7 Å². The Balaban J connectivity index is 1.20. The highest BCUT2D eigenvalue weighted by molar-refractivity contribution is 5.98. The van der Waals surface area contributed by atoms with Crippen LogP contribution in [0.15, 0.2) is 48.7 Å². The van der Waals surface area contributed by atoms with Crippen molar-refractivity contribution < 1.29 is 38.2 Å². The first kappa shape index (κ1) is 56.2. The van der Waals surface area contributed by atoms with Crippen LogP contribution in [0.3, 0.4) is 0 Å². The molecule has 2 aromatic heterocycles. The molecule has 2 aromatic carbocycles. The van der Waals surface area contributed by atoms with Crippen LogP contribution >= 0.6 is 0 Å². The molecule has 11 N–H and O–H groups in total. The fourth-order valence-corrected chi connectivity index (χ4v) is 7.98. The van der Waals surface area contributed by atoms with E-state index in [-0.39, 0.29) is 50.0 Å². The number of urea groups is 1. The molecule has 1 aliphatic carbocycles. The SMILES string of the molecule is CCCCNc1nc(N)nc2cnn(Cc3ccc(CN(C(=O)OCc4ccc(NC(=O)[C@H](CCCNC(N)=O)NC(=O)C(NC(=O)C(C)(C)COC(C)(C)CCN)C(C)C)cc4)C4CCC4)cc3OC)c12. The molecular formula is C51H77N13O8. The lowest BCUT2D eigenvalue weighted by molar-refractivity contribution is -0.141. The average molecular weight is 1000 g/mol. The van der Waals surface area contributed by atoms with Crippen LogP contribution in [0.25, 0.3) is 11.0 Å². The summed E-state index contributed by atoms with van der Waals surface area (Å²) >= 11 is 0. The summed E-state index contributed by atoms with van der Waals surface area (Å²) in [4.78, 5) is 76.8. The Kier molecular flexibility index (Phi) is 20.4. The van der Waals surface area contributed by atoms with Crippen LogP contribution < -0.4 is 48.5 Å². The smallest absolute Gasteiger partial charge is 0.410 e. The predicted octanol–water partition coefficient (Wildman–Crippen LogP) is 5.55. The van der Waals surface area contributed by atoms with E-state index in [4.69, 9.17) is 31.4 Å². The Bertz CT molecular complexity index is 2460. The van der Waals surface area contributed by atoms with Crippen molar-refractivity contribution in [1.29, 1.82) is 0 Å². The first-order chi connectivity index (χ1) is 34.2. The third-order valence-electron chi connectivity index (χ3n) is 12.7. The molecule has 0 radical (unpaired) electrons. The molecule has 6 amide bonds. The van der Waals surface area contributed by atoms with Gasteiger partial charge in [-0.3, -0.25) is 19.1 Å². The third-order valence-corrected chi connectivity index (χ3v) is 12.7. The van der Waals surface area contributed by atoms with Gasteiger partial charge in [-0.05, 0) is 114 Å². The van der Waals surface area contributed by atoms with Crippen LogP contribution in [0.5, 0.6) is 5.75 Å². The predicted molar refractivity (Wildman–Crippen MR) is 277 cm³/mol. The minimum Gasteiger partial charge on any atom is -0.496 e. The number of rotatable bonds is 28. The van der Waals surface area contributed by atoms with Crippen LogP contribution in [0.1, 0.15) is 117 Å². The number of ether oxygens (including phenoxy) is 3. The van der Waals surface area contributed by atoms with Crippen molar-refractivity contribution in [2.75, 3.05) is 49.7 Å². The molecule has 0 spiro atoms. The normalized spacial score (nSPS) is 13.7. The van der Waals surface area contributed by atoms with Gasteiger partial charge < -0.3 is 62.9 Å². The lowest BCUT2D eigenvalue weighted by Crippen LogP contribution is -2.57. The number of aromatic nitrogens is 4. The molecule has 2 atom stereocenters. The number of hydrogen-bond donors (Lipinski definition) is 8. The van der Waals surface area contributed by atoms with E-state index >= 15 is 0 Å². The molecule has 21 heteroatoms. The minimum atomic E-state index is -1.04. The van der Waals surface area contributed by atoms with Gasteiger partial charge in [0.05, 0.1) is 37.5 Å². The van der Waals surface area contributed by atoms with E-state index in [9.17, 15) is 24.0 Å². The van der Waals surface area contributed by atoms with Crippen LogP contribution in [-0.4, -0.2) is 112 Å². The second-order valence-electron chi connectivity index (χ2n) is 20.0. The lowest BCUT2D eigenvalue weighted by atomic mass is 9.91. The maximum atomic E-state index is 13.8. The fourth-order valence-electron chi connectivity index (χ4n) is 7.98. The van der Waals surface area contributed by atoms with E-state index in [0.717, 1.165) is 55.3 Å². The van der Waals surface area contributed by atoms with Crippen LogP contribution in [-0.2, 0) is 43.6 Å². The number of primary amides is 1. The second-order valence-corrected chi connectivity index (χ2v) is 20.0. The Labute approximate surface area is 422 Å². The Morgan fingerprint density at radius 2 is 1.67 bits per heavy atom. The van der Waals surface area contributed by atoms with Gasteiger partial charge in [-0.15, -0.1) is 0 Å². The molecule has 1 saturated carbocycles. The number of nitrogens with one attached hydrogen (secondary N) is 5. The van der Waals surface area contributed by atoms with Gasteiger partial charge in [-0.1, -0.05) is 51.5 Å². The zero-order valence-electron chi connectivity index (χ0n) is 43.3. The van der Waals surface area contributed by atoms with E-state index < -0.39 is 47.0 Å². The van der Waals surface area contributed by atoms with Crippen molar-refractivity contribution in [2.24, 2.45) is 22.8 Å². The van der Waals surface area contributed by atoms with Crippen LogP contribution in [0, 0.1) is 11.3 Å². The van der Waals surface area contributed by atoms with Gasteiger partial charge in [0.15, 0.2) is 5.82 Å². The zero-order valence-corrected chi connectivity index (χ0v) is 43.3. The number of hydrogen-bond acceptors (Lipinski definition) is 14. The average Bonchev–Trinajstić information content (AvgIpc) is 3.71. The highest BCUT2D eigenvalue weighted by Gasteiger charge is 2.36. The Hall–Kier alpha value is -6.74. The van der Waals surface area contributed by atoms with E-state index in [1.54, 1.807) is 70.2 Å². The summed E-state index contributed by atoms with van der Waals surface area (Å²) < 4.78 is 19.6. The number of benzene rings is 2. The molecule has 1 fully saturated rings. The lowest BCUT2D eigenvalue weighted by Gasteiger charge is -2.37. The molecule has 394 valence electrons. The summed E-state index contributed by atoms with van der Waals surface area (Å²) in [5, 5.41) is 19.0. The first-order valence-electron chi connectivity index (χ1n) is 24.9. The molecule has 0 saturated heterocycles. The van der Waals surface area contributed by atoms with Crippen molar-refractivity contribution in [2.45, 2.75) is 143 Å². The van der Waals surface area contributed by atoms with Gasteiger partial charge in [0.2, 0.25) is 23.7 Å². The number of nitrogen functional groups attached to an aromatic ring is 1. The van der Waals surface area contributed by atoms with Gasteiger partial charge in [0.1, 0.15) is 35.5 Å². The molecule has 72 heavy (non-hydrogen) atoms. The zero-order chi connectivity index (χ0) is 52.6. The van der Waals surface area contributed by atoms with Crippen molar-refractivity contribution >= 4 is 58.3 Å². The number of methoxy groups -OCH3 is 1. The van der Waals surface area contributed by atoms with Crippen LogP contribution in [0.4, 0.5) is 27.0 Å². The minimum absolute atomic E-state index is 0.0106. The maximum absolute atomic E-state index is 13.8. The van der Waals surface area contributed by atoms with Crippen molar-refractivity contribution in [3.05, 3.63) is 65.4 Å². The van der Waals surface area contributed by atoms with Gasteiger partial charge in [0.25, 0.3) is 0 Å². The highest BCUT2D eigenvalue weighted by atomic mass is 16.6. The fraction of sp³-hybridized carbons (Fsp3) is 0.569. The molecule has 2 heterocycles. The molecule has 1 aliphatic rings. The number of unbranched alkanes of at least 4 members (excludes halogenated alkanes) is 1. The third kappa shape index (κ3) is 16.1. The largest absolute Gasteiger partial charge is 0.496 e. The highest BCUT2D eigenvalue weighted by Crippen LogP contribution is 2.31. The van der Waals surface area contributed by atoms with E-state index in [1.165, 1.54) is 0 Å².